The van der Waals surface area contributed by atoms with Gasteiger partial charge in [-0.3, -0.25) is 4.79 Å². The van der Waals surface area contributed by atoms with Gasteiger partial charge in [-0.05, 0) is 37.0 Å². The molecule has 0 bridgehead atoms. The van der Waals surface area contributed by atoms with E-state index in [0.29, 0.717) is 5.92 Å². The Morgan fingerprint density at radius 3 is 2.84 bits per heavy atom. The van der Waals surface area contributed by atoms with Gasteiger partial charge < -0.3 is 14.0 Å². The first kappa shape index (κ1) is 16.9. The number of nitrogens with zero attached hydrogens (tertiary/aromatic N) is 1. The molecule has 0 spiro atoms. The molecule has 1 aromatic carbocycles. The average Bonchev–Trinajstić information content (AvgIpc) is 3.36. The molecule has 1 aromatic heterocycles. The summed E-state index contributed by atoms with van der Waals surface area (Å²) >= 11 is 7.81. The number of aryl methyl sites for hydroxylation is 1. The third-order valence-corrected chi connectivity index (χ3v) is 5.73. The molecule has 25 heavy (non-hydrogen) atoms. The van der Waals surface area contributed by atoms with Gasteiger partial charge >= 0.3 is 0 Å². The highest BCUT2D eigenvalue weighted by Gasteiger charge is 2.38. The van der Waals surface area contributed by atoms with Crippen LogP contribution in [-0.4, -0.2) is 16.4 Å². The Morgan fingerprint density at radius 1 is 1.36 bits per heavy atom. The van der Waals surface area contributed by atoms with Crippen molar-refractivity contribution in [2.45, 2.75) is 32.3 Å². The number of anilines is 1. The van der Waals surface area contributed by atoms with Crippen LogP contribution in [0.25, 0.3) is 11.1 Å². The Hall–Kier alpha value is -1.59. The summed E-state index contributed by atoms with van der Waals surface area (Å²) in [5.41, 5.74) is 4.01. The first-order chi connectivity index (χ1) is 12.1. The smallest absolute Gasteiger partial charge is 0.269 e. The topological polar surface area (TPSA) is 43.3 Å². The number of halogens is 1. The molecular formula is C19H21ClN2O2S. The van der Waals surface area contributed by atoms with Gasteiger partial charge in [-0.2, -0.15) is 0 Å². The van der Waals surface area contributed by atoms with Gasteiger partial charge in [0.25, 0.3) is 5.56 Å². The summed E-state index contributed by atoms with van der Waals surface area (Å²) < 4.78 is 11.2. The summed E-state index contributed by atoms with van der Waals surface area (Å²) in [6.45, 7) is 2.12. The molecule has 2 aliphatic rings. The maximum absolute atomic E-state index is 11.9. The highest BCUT2D eigenvalue weighted by molar-refractivity contribution is 8.00. The highest BCUT2D eigenvalue weighted by Crippen LogP contribution is 2.47. The van der Waals surface area contributed by atoms with Crippen molar-refractivity contribution in [3.8, 4) is 16.9 Å². The fraction of sp³-hybridized carbons (Fsp3) is 0.421. The maximum atomic E-state index is 11.9. The monoisotopic (exact) mass is 376 g/mol. The Balaban J connectivity index is 1.80. The van der Waals surface area contributed by atoms with Crippen molar-refractivity contribution in [1.82, 2.24) is 4.57 Å². The van der Waals surface area contributed by atoms with Crippen molar-refractivity contribution in [3.63, 3.8) is 0 Å². The molecule has 1 N–H and O–H groups in total. The largest absolute Gasteiger partial charge is 0.489 e. The summed E-state index contributed by atoms with van der Waals surface area (Å²) in [6.07, 6.45) is 5.59. The molecule has 0 radical (unpaired) electrons. The molecule has 0 amide bonds. The van der Waals surface area contributed by atoms with E-state index in [1.165, 1.54) is 23.0 Å². The van der Waals surface area contributed by atoms with E-state index in [9.17, 15) is 4.79 Å². The molecule has 1 fully saturated rings. The van der Waals surface area contributed by atoms with E-state index < -0.39 is 0 Å². The van der Waals surface area contributed by atoms with Crippen molar-refractivity contribution in [2.75, 3.05) is 10.5 Å². The van der Waals surface area contributed by atoms with Crippen molar-refractivity contribution in [1.29, 1.82) is 0 Å². The van der Waals surface area contributed by atoms with Gasteiger partial charge in [-0.25, -0.2) is 0 Å². The summed E-state index contributed by atoms with van der Waals surface area (Å²) in [4.78, 5) is 11.9. The van der Waals surface area contributed by atoms with Gasteiger partial charge in [-0.15, -0.1) is 0 Å². The van der Waals surface area contributed by atoms with Crippen LogP contribution in [0, 0.1) is 5.92 Å². The zero-order chi connectivity index (χ0) is 17.6. The molecule has 132 valence electrons. The fourth-order valence-corrected chi connectivity index (χ4v) is 4.05. The molecule has 6 heteroatoms. The quantitative estimate of drug-likeness (QED) is 0.780. The van der Waals surface area contributed by atoms with Crippen LogP contribution in [0.3, 0.4) is 0 Å². The molecule has 0 saturated heterocycles. The normalized spacial score (nSPS) is 18.8. The van der Waals surface area contributed by atoms with Gasteiger partial charge in [0.15, 0.2) is 0 Å². The Kier molecular flexibility index (Phi) is 4.46. The lowest BCUT2D eigenvalue weighted by molar-refractivity contribution is 0.208. The second kappa shape index (κ2) is 6.61. The summed E-state index contributed by atoms with van der Waals surface area (Å²) in [5, 5.41) is 0.229. The van der Waals surface area contributed by atoms with E-state index in [4.69, 9.17) is 16.3 Å². The molecule has 1 unspecified atom stereocenters. The van der Waals surface area contributed by atoms with Gasteiger partial charge in [-0.1, -0.05) is 30.5 Å². The van der Waals surface area contributed by atoms with Gasteiger partial charge in [0.1, 0.15) is 16.9 Å². The first-order valence-electron chi connectivity index (χ1n) is 8.64. The Labute approximate surface area is 156 Å². The van der Waals surface area contributed by atoms with Crippen LogP contribution < -0.4 is 15.0 Å². The molecule has 1 aliphatic heterocycles. The standard InChI is InChI=1S/C19H21ClN2O2S/c1-3-25-21-14-6-12-8-17(11-4-5-11)24-18(12)15(9-14)13-7-16(20)19(23)22(2)10-13/h6-7,9-11,17,21H,3-5,8H2,1-2H3. The van der Waals surface area contributed by atoms with Crippen LogP contribution in [0.1, 0.15) is 25.3 Å². The van der Waals surface area contributed by atoms with E-state index in [0.717, 1.165) is 34.7 Å². The van der Waals surface area contributed by atoms with E-state index in [1.54, 1.807) is 25.1 Å². The van der Waals surface area contributed by atoms with Crippen LogP contribution in [0.5, 0.6) is 5.75 Å². The Bertz CT molecular complexity index is 850. The van der Waals surface area contributed by atoms with E-state index in [1.807, 2.05) is 6.20 Å². The fourth-order valence-electron chi connectivity index (χ4n) is 3.37. The predicted molar refractivity (Wildman–Crippen MR) is 105 cm³/mol. The van der Waals surface area contributed by atoms with Gasteiger partial charge in [0.05, 0.1) is 0 Å². The van der Waals surface area contributed by atoms with Crippen molar-refractivity contribution >= 4 is 29.2 Å². The number of hydrogen-bond donors (Lipinski definition) is 1. The minimum atomic E-state index is -0.186. The minimum Gasteiger partial charge on any atom is -0.489 e. The summed E-state index contributed by atoms with van der Waals surface area (Å²) in [6, 6.07) is 6.02. The summed E-state index contributed by atoms with van der Waals surface area (Å²) in [7, 11) is 1.72. The van der Waals surface area contributed by atoms with Crippen molar-refractivity contribution < 1.29 is 4.74 Å². The number of benzene rings is 1. The van der Waals surface area contributed by atoms with Crippen LogP contribution in [0.2, 0.25) is 5.02 Å². The van der Waals surface area contributed by atoms with Gasteiger partial charge in [0, 0.05) is 47.8 Å². The number of nitrogens with one attached hydrogen (secondary N) is 1. The number of fused-ring (bicyclic) bond motifs is 1. The number of aromatic nitrogens is 1. The lowest BCUT2D eigenvalue weighted by atomic mass is 10.00. The molecule has 1 aliphatic carbocycles. The molecule has 2 heterocycles. The number of pyridine rings is 1. The number of ether oxygens (including phenoxy) is 1. The van der Waals surface area contributed by atoms with Gasteiger partial charge in [0.2, 0.25) is 0 Å². The van der Waals surface area contributed by atoms with E-state index >= 15 is 0 Å². The number of rotatable bonds is 5. The van der Waals surface area contributed by atoms with E-state index in [2.05, 4.69) is 23.8 Å². The molecule has 4 rings (SSSR count). The second-order valence-electron chi connectivity index (χ2n) is 6.74. The zero-order valence-corrected chi connectivity index (χ0v) is 15.9. The van der Waals surface area contributed by atoms with Crippen LogP contribution in [-0.2, 0) is 13.5 Å². The molecule has 2 aromatic rings. The Morgan fingerprint density at radius 2 is 2.16 bits per heavy atom. The second-order valence-corrected chi connectivity index (χ2v) is 8.22. The molecule has 4 nitrogen and oxygen atoms in total. The lowest BCUT2D eigenvalue weighted by Crippen LogP contribution is -2.16. The first-order valence-corrected chi connectivity index (χ1v) is 10.0. The third-order valence-electron chi connectivity index (χ3n) is 4.79. The molecule has 1 atom stereocenters. The summed E-state index contributed by atoms with van der Waals surface area (Å²) in [5.74, 6) is 2.61. The van der Waals surface area contributed by atoms with Crippen molar-refractivity contribution in [2.24, 2.45) is 13.0 Å². The molecule has 1 saturated carbocycles. The number of hydrogen-bond acceptors (Lipinski definition) is 4. The van der Waals surface area contributed by atoms with Crippen LogP contribution in [0.15, 0.2) is 29.2 Å². The maximum Gasteiger partial charge on any atom is 0.269 e. The zero-order valence-electron chi connectivity index (χ0n) is 14.3. The predicted octanol–water partition coefficient (Wildman–Crippen LogP) is 4.50. The lowest BCUT2D eigenvalue weighted by Gasteiger charge is -2.14. The van der Waals surface area contributed by atoms with Crippen molar-refractivity contribution in [3.05, 3.63) is 45.3 Å². The van der Waals surface area contributed by atoms with Crippen LogP contribution >= 0.6 is 23.5 Å². The molecular weight excluding hydrogens is 356 g/mol. The average molecular weight is 377 g/mol. The van der Waals surface area contributed by atoms with E-state index in [-0.39, 0.29) is 16.7 Å². The van der Waals surface area contributed by atoms with Crippen LogP contribution in [0.4, 0.5) is 5.69 Å². The highest BCUT2D eigenvalue weighted by atomic mass is 35.5. The SMILES string of the molecule is CCSNc1cc2c(c(-c3cc(Cl)c(=O)n(C)c3)c1)OC(C1CC1)C2. The minimum absolute atomic E-state index is 0.186. The third kappa shape index (κ3) is 3.27.